The molecule has 8 nitrogen and oxygen atoms in total. The van der Waals surface area contributed by atoms with E-state index >= 15 is 0 Å². The van der Waals surface area contributed by atoms with Crippen molar-refractivity contribution in [2.24, 2.45) is 0 Å². The molecule has 164 valence electrons. The predicted octanol–water partition coefficient (Wildman–Crippen LogP) is 3.03. The average Bonchev–Trinajstić information content (AvgIpc) is 2.82. The molecular formula is C24H26N6O2. The van der Waals surface area contributed by atoms with Gasteiger partial charge in [0.2, 0.25) is 0 Å². The first-order valence-corrected chi connectivity index (χ1v) is 10.9. The zero-order valence-electron chi connectivity index (χ0n) is 18.0. The number of aryl methyl sites for hydroxylation is 1. The van der Waals surface area contributed by atoms with Gasteiger partial charge >= 0.3 is 0 Å². The van der Waals surface area contributed by atoms with Gasteiger partial charge in [0, 0.05) is 31.7 Å². The van der Waals surface area contributed by atoms with Crippen molar-refractivity contribution >= 4 is 22.6 Å². The highest BCUT2D eigenvalue weighted by Gasteiger charge is 2.17. The van der Waals surface area contributed by atoms with E-state index in [0.717, 1.165) is 31.2 Å². The van der Waals surface area contributed by atoms with Crippen LogP contribution < -0.4 is 16.4 Å². The summed E-state index contributed by atoms with van der Waals surface area (Å²) < 4.78 is 3.16. The molecule has 4 aromatic rings. The number of pyridine rings is 3. The predicted molar refractivity (Wildman–Crippen MR) is 122 cm³/mol. The molecule has 0 atom stereocenters. The lowest BCUT2D eigenvalue weighted by atomic mass is 10.1. The number of nitrogens with one attached hydrogen (secondary N) is 2. The minimum absolute atomic E-state index is 0.0601. The Kier molecular flexibility index (Phi) is 6.39. The molecule has 4 heterocycles. The Balaban J connectivity index is 1.79. The minimum Gasteiger partial charge on any atom is -0.348 e. The SMILES string of the molecule is CCCCCCn1c(=N)c(C(=O)NCc2cccnc2)cc2c(=O)n3ccccc3nc21. The number of carbonyl (C=O) groups is 1. The molecular weight excluding hydrogens is 404 g/mol. The van der Waals surface area contributed by atoms with Crippen molar-refractivity contribution in [2.45, 2.75) is 45.7 Å². The molecule has 2 N–H and O–H groups in total. The van der Waals surface area contributed by atoms with E-state index in [4.69, 9.17) is 5.41 Å². The fraction of sp³-hybridized carbons (Fsp3) is 0.292. The molecule has 0 aliphatic carbocycles. The molecule has 0 aromatic carbocycles. The highest BCUT2D eigenvalue weighted by Crippen LogP contribution is 2.12. The summed E-state index contributed by atoms with van der Waals surface area (Å²) in [7, 11) is 0. The van der Waals surface area contributed by atoms with Gasteiger partial charge in [-0.1, -0.05) is 38.3 Å². The molecule has 0 fully saturated rings. The lowest BCUT2D eigenvalue weighted by Gasteiger charge is -2.15. The Hall–Kier alpha value is -3.81. The molecule has 4 rings (SSSR count). The number of unbranched alkanes of at least 4 members (excludes halogenated alkanes) is 3. The largest absolute Gasteiger partial charge is 0.348 e. The van der Waals surface area contributed by atoms with Gasteiger partial charge in [-0.25, -0.2) is 4.98 Å². The van der Waals surface area contributed by atoms with E-state index in [1.165, 1.54) is 10.5 Å². The van der Waals surface area contributed by atoms with Crippen LogP contribution >= 0.6 is 0 Å². The average molecular weight is 431 g/mol. The summed E-state index contributed by atoms with van der Waals surface area (Å²) in [5.41, 5.74) is 1.77. The van der Waals surface area contributed by atoms with Gasteiger partial charge in [-0.2, -0.15) is 0 Å². The van der Waals surface area contributed by atoms with Gasteiger partial charge in [0.15, 0.2) is 0 Å². The molecule has 1 amide bonds. The van der Waals surface area contributed by atoms with Crippen molar-refractivity contribution in [3.63, 3.8) is 0 Å². The van der Waals surface area contributed by atoms with E-state index < -0.39 is 5.91 Å². The van der Waals surface area contributed by atoms with Crippen LogP contribution in [-0.4, -0.2) is 24.8 Å². The van der Waals surface area contributed by atoms with Gasteiger partial charge in [-0.15, -0.1) is 0 Å². The fourth-order valence-electron chi connectivity index (χ4n) is 3.75. The number of carbonyl (C=O) groups excluding carboxylic acids is 1. The second-order valence-corrected chi connectivity index (χ2v) is 7.75. The first-order chi connectivity index (χ1) is 15.6. The Morgan fingerprint density at radius 3 is 2.81 bits per heavy atom. The van der Waals surface area contributed by atoms with Crippen molar-refractivity contribution in [1.82, 2.24) is 24.3 Å². The summed E-state index contributed by atoms with van der Waals surface area (Å²) in [4.78, 5) is 34.9. The number of hydrogen-bond donors (Lipinski definition) is 2. The van der Waals surface area contributed by atoms with Crippen LogP contribution in [0.15, 0.2) is 59.8 Å². The minimum atomic E-state index is -0.402. The molecule has 32 heavy (non-hydrogen) atoms. The number of nitrogens with zero attached hydrogens (tertiary/aromatic N) is 4. The van der Waals surface area contributed by atoms with E-state index in [9.17, 15) is 9.59 Å². The quantitative estimate of drug-likeness (QED) is 0.331. The monoisotopic (exact) mass is 430 g/mol. The van der Waals surface area contributed by atoms with Gasteiger partial charge in [0.05, 0.1) is 10.9 Å². The molecule has 0 saturated carbocycles. The van der Waals surface area contributed by atoms with Crippen molar-refractivity contribution in [3.8, 4) is 0 Å². The second kappa shape index (κ2) is 9.55. The molecule has 4 aromatic heterocycles. The molecule has 0 aliphatic rings. The van der Waals surface area contributed by atoms with Crippen LogP contribution in [0.25, 0.3) is 16.7 Å². The van der Waals surface area contributed by atoms with Gasteiger partial charge in [-0.05, 0) is 36.2 Å². The maximum atomic E-state index is 13.2. The third-order valence-corrected chi connectivity index (χ3v) is 5.47. The zero-order chi connectivity index (χ0) is 22.5. The second-order valence-electron chi connectivity index (χ2n) is 7.75. The lowest BCUT2D eigenvalue weighted by molar-refractivity contribution is 0.0948. The third kappa shape index (κ3) is 4.30. The Labute approximate surface area is 185 Å². The Bertz CT molecular complexity index is 1370. The number of rotatable bonds is 8. The number of hydrogen-bond acceptors (Lipinski definition) is 5. The summed E-state index contributed by atoms with van der Waals surface area (Å²) in [5.74, 6) is -0.402. The fourth-order valence-corrected chi connectivity index (χ4v) is 3.75. The van der Waals surface area contributed by atoms with Crippen LogP contribution in [0.4, 0.5) is 0 Å². The summed E-state index contributed by atoms with van der Waals surface area (Å²) in [6.45, 7) is 2.95. The zero-order valence-corrected chi connectivity index (χ0v) is 18.0. The first-order valence-electron chi connectivity index (χ1n) is 10.9. The summed E-state index contributed by atoms with van der Waals surface area (Å²) >= 11 is 0. The van der Waals surface area contributed by atoms with Crippen molar-refractivity contribution < 1.29 is 4.79 Å². The van der Waals surface area contributed by atoms with Crippen LogP contribution in [0.3, 0.4) is 0 Å². The smallest absolute Gasteiger partial charge is 0.267 e. The number of aromatic nitrogens is 4. The summed E-state index contributed by atoms with van der Waals surface area (Å²) in [6, 6.07) is 10.5. The van der Waals surface area contributed by atoms with Crippen molar-refractivity contribution in [2.75, 3.05) is 0 Å². The maximum absolute atomic E-state index is 13.2. The van der Waals surface area contributed by atoms with Crippen molar-refractivity contribution in [1.29, 1.82) is 5.41 Å². The Morgan fingerprint density at radius 2 is 2.03 bits per heavy atom. The molecule has 0 unspecified atom stereocenters. The van der Waals surface area contributed by atoms with Crippen LogP contribution in [-0.2, 0) is 13.1 Å². The normalized spacial score (nSPS) is 11.2. The van der Waals surface area contributed by atoms with E-state index in [2.05, 4.69) is 22.2 Å². The summed E-state index contributed by atoms with van der Waals surface area (Å²) in [5, 5.41) is 11.9. The standard InChI is InChI=1S/C24H26N6O2/c1-2-3-4-6-13-30-21(25)18(23(31)27-16-17-9-8-11-26-15-17)14-19-22(30)28-20-10-5-7-12-29(20)24(19)32/h5,7-12,14-15,25H,2-4,6,13,16H2,1H3,(H,27,31). The van der Waals surface area contributed by atoms with Gasteiger partial charge in [0.25, 0.3) is 11.5 Å². The van der Waals surface area contributed by atoms with E-state index in [1.807, 2.05) is 12.1 Å². The molecule has 0 radical (unpaired) electrons. The topological polar surface area (TPSA) is 105 Å². The molecule has 0 saturated heterocycles. The highest BCUT2D eigenvalue weighted by molar-refractivity contribution is 5.96. The van der Waals surface area contributed by atoms with E-state index in [1.54, 1.807) is 41.4 Å². The highest BCUT2D eigenvalue weighted by atomic mass is 16.1. The maximum Gasteiger partial charge on any atom is 0.267 e. The van der Waals surface area contributed by atoms with Gasteiger partial charge in [-0.3, -0.25) is 24.4 Å². The Morgan fingerprint density at radius 1 is 1.16 bits per heavy atom. The number of amides is 1. The molecule has 8 heteroatoms. The van der Waals surface area contributed by atoms with E-state index in [0.29, 0.717) is 23.2 Å². The molecule has 0 aliphatic heterocycles. The first kappa shape index (κ1) is 21.4. The number of fused-ring (bicyclic) bond motifs is 2. The molecule has 0 spiro atoms. The molecule has 0 bridgehead atoms. The van der Waals surface area contributed by atoms with Gasteiger partial charge in [0.1, 0.15) is 16.8 Å². The van der Waals surface area contributed by atoms with Crippen molar-refractivity contribution in [3.05, 3.63) is 82.0 Å². The third-order valence-electron chi connectivity index (χ3n) is 5.47. The van der Waals surface area contributed by atoms with Gasteiger partial charge < -0.3 is 9.88 Å². The van der Waals surface area contributed by atoms with E-state index in [-0.39, 0.29) is 23.2 Å². The van der Waals surface area contributed by atoms with Crippen LogP contribution in [0.5, 0.6) is 0 Å². The van der Waals surface area contributed by atoms with Crippen LogP contribution in [0.2, 0.25) is 0 Å². The summed E-state index contributed by atoms with van der Waals surface area (Å²) in [6.07, 6.45) is 9.05. The van der Waals surface area contributed by atoms with Crippen LogP contribution in [0, 0.1) is 5.41 Å². The lowest BCUT2D eigenvalue weighted by Crippen LogP contribution is -2.34. The van der Waals surface area contributed by atoms with Crippen LogP contribution in [0.1, 0.15) is 48.5 Å².